The fraction of sp³-hybridized carbons (Fsp3) is 0.562. The first-order valence-electron chi connectivity index (χ1n) is 14.4. The lowest BCUT2D eigenvalue weighted by atomic mass is 9.80. The third-order valence-corrected chi connectivity index (χ3v) is 8.16. The molecule has 0 atom stereocenters. The van der Waals surface area contributed by atoms with Crippen LogP contribution in [0.25, 0.3) is 0 Å². The van der Waals surface area contributed by atoms with Crippen LogP contribution in [0, 0.1) is 18.8 Å². The van der Waals surface area contributed by atoms with E-state index in [1.165, 1.54) is 25.7 Å². The maximum Gasteiger partial charge on any atom is 0.227 e. The highest BCUT2D eigenvalue weighted by molar-refractivity contribution is 9.10. The molecule has 2 aromatic rings. The van der Waals surface area contributed by atoms with Gasteiger partial charge in [0.05, 0.1) is 7.11 Å². The van der Waals surface area contributed by atoms with E-state index < -0.39 is 0 Å². The largest absolute Gasteiger partial charge is 0.496 e. The molecule has 0 spiro atoms. The van der Waals surface area contributed by atoms with E-state index in [-0.39, 0.29) is 17.6 Å². The molecule has 1 amide bonds. The Morgan fingerprint density at radius 2 is 1.74 bits per heavy atom. The predicted octanol–water partition coefficient (Wildman–Crippen LogP) is 7.78. The van der Waals surface area contributed by atoms with Crippen molar-refractivity contribution in [2.45, 2.75) is 79.1 Å². The molecule has 3 N–H and O–H groups in total. The molecule has 7 heteroatoms. The van der Waals surface area contributed by atoms with Crippen molar-refractivity contribution in [2.24, 2.45) is 11.8 Å². The van der Waals surface area contributed by atoms with Gasteiger partial charge >= 0.3 is 0 Å². The molecule has 0 unspecified atom stereocenters. The second kappa shape index (κ2) is 17.3. The van der Waals surface area contributed by atoms with Gasteiger partial charge in [0.1, 0.15) is 5.75 Å². The van der Waals surface area contributed by atoms with Crippen molar-refractivity contribution >= 4 is 39.0 Å². The Balaban J connectivity index is 0.000000277. The van der Waals surface area contributed by atoms with Gasteiger partial charge in [0.25, 0.3) is 0 Å². The molecule has 0 saturated heterocycles. The van der Waals surface area contributed by atoms with E-state index in [2.05, 4.69) is 45.7 Å². The van der Waals surface area contributed by atoms with E-state index in [4.69, 9.17) is 4.74 Å². The van der Waals surface area contributed by atoms with Crippen molar-refractivity contribution in [1.29, 1.82) is 0 Å². The van der Waals surface area contributed by atoms with E-state index in [0.717, 1.165) is 83.0 Å². The number of benzene rings is 2. The smallest absolute Gasteiger partial charge is 0.227 e. The summed E-state index contributed by atoms with van der Waals surface area (Å²) in [6.45, 7) is 9.80. The van der Waals surface area contributed by atoms with E-state index in [1.807, 2.05) is 44.3 Å². The summed E-state index contributed by atoms with van der Waals surface area (Å²) >= 11 is 3.54. The maximum absolute atomic E-state index is 12.4. The van der Waals surface area contributed by atoms with E-state index >= 15 is 0 Å². The Morgan fingerprint density at radius 3 is 2.33 bits per heavy atom. The number of nitrogens with one attached hydrogen (secondary N) is 3. The third kappa shape index (κ3) is 10.6. The molecule has 216 valence electrons. The molecule has 0 aromatic heterocycles. The minimum Gasteiger partial charge on any atom is -0.496 e. The second-order valence-electron chi connectivity index (χ2n) is 10.5. The molecular formula is C32H48BrN3O3. The lowest BCUT2D eigenvalue weighted by Crippen LogP contribution is -2.27. The number of carbonyl (C=O) groups is 2. The monoisotopic (exact) mass is 601 g/mol. The standard InChI is InChI=1S/C18H27NO2.C14H21BrN2O/c1-4-5-14-7-9-15(10-8-14)18(20)19-16-11-6-13(2)17(12-16)21-3;1-4-12-13(10(2)18)8-11(9-14(12)15)17-7-5-6-16-3/h6,11-12,14-15H,4-5,7-10H2,1-3H3,(H,19,20);8-9,16-17H,4-7H2,1-3H3. The number of aryl methyl sites for hydroxylation is 1. The number of halogens is 1. The molecule has 0 aliphatic heterocycles. The Bertz CT molecular complexity index is 1060. The highest BCUT2D eigenvalue weighted by atomic mass is 79.9. The molecule has 1 saturated carbocycles. The van der Waals surface area contributed by atoms with E-state index in [0.29, 0.717) is 0 Å². The van der Waals surface area contributed by atoms with Crippen molar-refractivity contribution in [1.82, 2.24) is 5.32 Å². The van der Waals surface area contributed by atoms with Crippen molar-refractivity contribution in [2.75, 3.05) is 37.9 Å². The van der Waals surface area contributed by atoms with Crippen molar-refractivity contribution in [3.05, 3.63) is 51.5 Å². The van der Waals surface area contributed by atoms with Gasteiger partial charge in [-0.25, -0.2) is 0 Å². The summed E-state index contributed by atoms with van der Waals surface area (Å²) in [4.78, 5) is 24.0. The molecule has 1 aliphatic rings. The Labute approximate surface area is 244 Å². The van der Waals surface area contributed by atoms with Crippen LogP contribution in [0.4, 0.5) is 11.4 Å². The van der Waals surface area contributed by atoms with Crippen LogP contribution in [0.5, 0.6) is 5.75 Å². The van der Waals surface area contributed by atoms with Crippen LogP contribution in [0.1, 0.15) is 87.2 Å². The van der Waals surface area contributed by atoms with Crippen LogP contribution in [0.15, 0.2) is 34.8 Å². The molecule has 39 heavy (non-hydrogen) atoms. The molecule has 1 aliphatic carbocycles. The number of Topliss-reactive ketones (excluding diaryl/α,β-unsaturated/α-hetero) is 1. The summed E-state index contributed by atoms with van der Waals surface area (Å²) in [5, 5.41) is 9.50. The third-order valence-electron chi connectivity index (χ3n) is 7.45. The van der Waals surface area contributed by atoms with Crippen LogP contribution in [-0.2, 0) is 11.2 Å². The first-order chi connectivity index (χ1) is 18.7. The van der Waals surface area contributed by atoms with Crippen molar-refractivity contribution < 1.29 is 14.3 Å². The zero-order valence-electron chi connectivity index (χ0n) is 24.7. The summed E-state index contributed by atoms with van der Waals surface area (Å²) in [5.74, 6) is 2.10. The lowest BCUT2D eigenvalue weighted by Gasteiger charge is -2.27. The predicted molar refractivity (Wildman–Crippen MR) is 167 cm³/mol. The first-order valence-corrected chi connectivity index (χ1v) is 15.2. The van der Waals surface area contributed by atoms with Crippen LogP contribution in [0.3, 0.4) is 0 Å². The van der Waals surface area contributed by atoms with Crippen LogP contribution in [-0.4, -0.2) is 38.9 Å². The van der Waals surface area contributed by atoms with Gasteiger partial charge in [-0.05, 0) is 101 Å². The van der Waals surface area contributed by atoms with Gasteiger partial charge in [0.15, 0.2) is 5.78 Å². The summed E-state index contributed by atoms with van der Waals surface area (Å²) < 4.78 is 6.31. The number of hydrogen-bond donors (Lipinski definition) is 3. The summed E-state index contributed by atoms with van der Waals surface area (Å²) in [7, 11) is 3.60. The fourth-order valence-electron chi connectivity index (χ4n) is 5.17. The summed E-state index contributed by atoms with van der Waals surface area (Å²) in [5.41, 5.74) is 4.81. The lowest BCUT2D eigenvalue weighted by molar-refractivity contribution is -0.121. The molecule has 0 heterocycles. The molecule has 1 fully saturated rings. The fourth-order valence-corrected chi connectivity index (χ4v) is 5.91. The number of amides is 1. The molecule has 3 rings (SSSR count). The number of ketones is 1. The topological polar surface area (TPSA) is 79.5 Å². The highest BCUT2D eigenvalue weighted by Gasteiger charge is 2.26. The summed E-state index contributed by atoms with van der Waals surface area (Å²) in [6, 6.07) is 9.82. The SMILES string of the molecule is CCCC1CCC(C(=O)Nc2ccc(C)c(OC)c2)CC1.CCc1c(Br)cc(NCCCNC)cc1C(C)=O. The van der Waals surface area contributed by atoms with Crippen LogP contribution >= 0.6 is 15.9 Å². The van der Waals surface area contributed by atoms with Crippen molar-refractivity contribution in [3.63, 3.8) is 0 Å². The van der Waals surface area contributed by atoms with Gasteiger partial charge in [-0.3, -0.25) is 9.59 Å². The molecular weight excluding hydrogens is 554 g/mol. The highest BCUT2D eigenvalue weighted by Crippen LogP contribution is 2.32. The minimum absolute atomic E-state index is 0.117. The maximum atomic E-state index is 12.4. The average molecular weight is 603 g/mol. The number of carbonyl (C=O) groups excluding carboxylic acids is 2. The number of ether oxygens (including phenoxy) is 1. The average Bonchev–Trinajstić information content (AvgIpc) is 2.92. The molecule has 0 bridgehead atoms. The van der Waals surface area contributed by atoms with E-state index in [9.17, 15) is 9.59 Å². The van der Waals surface area contributed by atoms with Gasteiger partial charge in [0.2, 0.25) is 5.91 Å². The Morgan fingerprint density at radius 1 is 1.03 bits per heavy atom. The number of rotatable bonds is 12. The Kier molecular flexibility index (Phi) is 14.6. The van der Waals surface area contributed by atoms with Gasteiger partial charge in [0, 0.05) is 39.9 Å². The molecule has 2 aromatic carbocycles. The number of methoxy groups -OCH3 is 1. The van der Waals surface area contributed by atoms with Crippen LogP contribution < -0.4 is 20.7 Å². The van der Waals surface area contributed by atoms with Gasteiger partial charge in [-0.1, -0.05) is 48.7 Å². The van der Waals surface area contributed by atoms with Gasteiger partial charge < -0.3 is 20.7 Å². The Hall–Kier alpha value is -2.38. The minimum atomic E-state index is 0.117. The molecule has 0 radical (unpaired) electrons. The zero-order valence-corrected chi connectivity index (χ0v) is 26.3. The number of anilines is 2. The number of hydrogen-bond acceptors (Lipinski definition) is 5. The van der Waals surface area contributed by atoms with E-state index in [1.54, 1.807) is 14.0 Å². The second-order valence-corrected chi connectivity index (χ2v) is 11.3. The molecule has 6 nitrogen and oxygen atoms in total. The van der Waals surface area contributed by atoms with Gasteiger partial charge in [-0.15, -0.1) is 0 Å². The van der Waals surface area contributed by atoms with Gasteiger partial charge in [-0.2, -0.15) is 0 Å². The quantitative estimate of drug-likeness (QED) is 0.171. The summed E-state index contributed by atoms with van der Waals surface area (Å²) in [6.07, 6.45) is 8.92. The zero-order chi connectivity index (χ0) is 28.8. The normalized spacial score (nSPS) is 16.6. The van der Waals surface area contributed by atoms with Crippen LogP contribution in [0.2, 0.25) is 0 Å². The van der Waals surface area contributed by atoms with Crippen molar-refractivity contribution in [3.8, 4) is 5.75 Å². The first kappa shape index (κ1) is 32.8.